The van der Waals surface area contributed by atoms with Gasteiger partial charge in [-0.2, -0.15) is 0 Å². The summed E-state index contributed by atoms with van der Waals surface area (Å²) in [4.78, 5) is 13.3. The van der Waals surface area contributed by atoms with Gasteiger partial charge in [-0.3, -0.25) is 9.51 Å². The molecule has 0 bridgehead atoms. The average Bonchev–Trinajstić information content (AvgIpc) is 2.50. The summed E-state index contributed by atoms with van der Waals surface area (Å²) in [5, 5.41) is 3.73. The van der Waals surface area contributed by atoms with Crippen LogP contribution in [0.2, 0.25) is 0 Å². The summed E-state index contributed by atoms with van der Waals surface area (Å²) in [7, 11) is 0. The minimum Gasteiger partial charge on any atom is -0.296 e. The van der Waals surface area contributed by atoms with E-state index in [1.165, 1.54) is 0 Å². The molecule has 1 aliphatic rings. The Morgan fingerprint density at radius 1 is 1.83 bits per heavy atom. The molecule has 12 heavy (non-hydrogen) atoms. The fourth-order valence-corrected chi connectivity index (χ4v) is 1.92. The number of nitrogens with zero attached hydrogens (tertiary/aromatic N) is 1. The van der Waals surface area contributed by atoms with E-state index in [0.29, 0.717) is 5.92 Å². The van der Waals surface area contributed by atoms with Gasteiger partial charge in [0.25, 0.3) is 0 Å². The van der Waals surface area contributed by atoms with Gasteiger partial charge in [0.2, 0.25) is 0 Å². The molecule has 0 aliphatic heterocycles. The van der Waals surface area contributed by atoms with Gasteiger partial charge >= 0.3 is 5.76 Å². The number of aromatic nitrogens is 2. The molecule has 2 rings (SSSR count). The maximum absolute atomic E-state index is 10.7. The summed E-state index contributed by atoms with van der Waals surface area (Å²) in [6, 6.07) is 0. The molecule has 4 nitrogen and oxygen atoms in total. The molecule has 1 aromatic heterocycles. The molecule has 1 heterocycles. The van der Waals surface area contributed by atoms with Crippen LogP contribution in [0.5, 0.6) is 0 Å². The molecule has 0 saturated heterocycles. The number of hydrogen-bond donors (Lipinski definition) is 1. The Morgan fingerprint density at radius 2 is 2.50 bits per heavy atom. The lowest BCUT2D eigenvalue weighted by Crippen LogP contribution is -2.11. The maximum atomic E-state index is 10.7. The molecule has 1 aromatic rings. The second-order valence-corrected chi connectivity index (χ2v) is 3.56. The zero-order valence-electron chi connectivity index (χ0n) is 7.26. The first kappa shape index (κ1) is 7.58. The Bertz CT molecular complexity index is 337. The van der Waals surface area contributed by atoms with Crippen LogP contribution in [0.3, 0.4) is 0 Å². The van der Waals surface area contributed by atoms with Crippen LogP contribution in [-0.4, -0.2) is 10.1 Å². The Hall–Kier alpha value is -1.06. The van der Waals surface area contributed by atoms with Crippen molar-refractivity contribution in [2.24, 2.45) is 5.92 Å². The van der Waals surface area contributed by atoms with Crippen LogP contribution < -0.4 is 5.76 Å². The first-order valence-corrected chi connectivity index (χ1v) is 4.25. The van der Waals surface area contributed by atoms with Crippen molar-refractivity contribution in [3.8, 4) is 0 Å². The summed E-state index contributed by atoms with van der Waals surface area (Å²) in [6.45, 7) is 4.27. The molecular formula is C8H12N2O2. The van der Waals surface area contributed by atoms with Gasteiger partial charge in [0.15, 0.2) is 5.82 Å². The minimum absolute atomic E-state index is 0.103. The largest absolute Gasteiger partial charge is 0.438 e. The molecule has 2 atom stereocenters. The number of nitrogens with one attached hydrogen (secondary N) is 1. The number of H-pyrrole nitrogens is 1. The summed E-state index contributed by atoms with van der Waals surface area (Å²) < 4.78 is 4.48. The fraction of sp³-hybridized carbons (Fsp3) is 0.750. The van der Waals surface area contributed by atoms with Crippen LogP contribution in [0.25, 0.3) is 0 Å². The zero-order valence-corrected chi connectivity index (χ0v) is 7.26. The molecule has 0 spiro atoms. The molecule has 66 valence electrons. The third-order valence-electron chi connectivity index (χ3n) is 3.00. The molecule has 1 saturated carbocycles. The highest BCUT2D eigenvalue weighted by molar-refractivity contribution is 5.19. The van der Waals surface area contributed by atoms with Gasteiger partial charge in [0.05, 0.1) is 0 Å². The van der Waals surface area contributed by atoms with Crippen LogP contribution in [0, 0.1) is 5.92 Å². The summed E-state index contributed by atoms with van der Waals surface area (Å²) in [5.74, 6) is 0.891. The van der Waals surface area contributed by atoms with Crippen molar-refractivity contribution in [3.05, 3.63) is 16.4 Å². The highest BCUT2D eigenvalue weighted by atomic mass is 16.5. The van der Waals surface area contributed by atoms with Crippen molar-refractivity contribution < 1.29 is 4.52 Å². The highest BCUT2D eigenvalue weighted by Crippen LogP contribution is 2.54. The summed E-state index contributed by atoms with van der Waals surface area (Å²) in [6.07, 6.45) is 2.11. The van der Waals surface area contributed by atoms with Gasteiger partial charge in [-0.15, -0.1) is 0 Å². The van der Waals surface area contributed by atoms with Crippen LogP contribution in [-0.2, 0) is 5.41 Å². The minimum atomic E-state index is -0.447. The quantitative estimate of drug-likeness (QED) is 0.718. The Morgan fingerprint density at radius 3 is 2.83 bits per heavy atom. The van der Waals surface area contributed by atoms with Crippen LogP contribution in [0.4, 0.5) is 0 Å². The molecule has 1 fully saturated rings. The molecular weight excluding hydrogens is 156 g/mol. The lowest BCUT2D eigenvalue weighted by atomic mass is 10.0. The molecule has 0 radical (unpaired) electrons. The van der Waals surface area contributed by atoms with E-state index in [1.807, 2.05) is 0 Å². The second kappa shape index (κ2) is 2.21. The van der Waals surface area contributed by atoms with Crippen LogP contribution in [0.15, 0.2) is 9.32 Å². The van der Waals surface area contributed by atoms with E-state index in [2.05, 4.69) is 28.5 Å². The van der Waals surface area contributed by atoms with Crippen LogP contribution >= 0.6 is 0 Å². The van der Waals surface area contributed by atoms with Crippen molar-refractivity contribution >= 4 is 0 Å². The van der Waals surface area contributed by atoms with E-state index in [4.69, 9.17) is 0 Å². The normalized spacial score (nSPS) is 33.7. The first-order valence-electron chi connectivity index (χ1n) is 4.25. The second-order valence-electron chi connectivity index (χ2n) is 3.56. The summed E-state index contributed by atoms with van der Waals surface area (Å²) in [5.41, 5.74) is 0.103. The van der Waals surface area contributed by atoms with Gasteiger partial charge in [-0.25, -0.2) is 4.79 Å². The van der Waals surface area contributed by atoms with Gasteiger partial charge in [0, 0.05) is 5.41 Å². The van der Waals surface area contributed by atoms with Crippen molar-refractivity contribution in [3.63, 3.8) is 0 Å². The predicted octanol–water partition coefficient (Wildman–Crippen LogP) is 1.05. The molecule has 2 unspecified atom stereocenters. The number of aromatic amines is 1. The molecule has 1 aliphatic carbocycles. The Labute approximate surface area is 70.0 Å². The first-order chi connectivity index (χ1) is 5.69. The van der Waals surface area contributed by atoms with E-state index in [0.717, 1.165) is 18.7 Å². The SMILES string of the molecule is CCC1(c2noc(=O)[nH]2)CC1C. The van der Waals surface area contributed by atoms with E-state index >= 15 is 0 Å². The van der Waals surface area contributed by atoms with Gasteiger partial charge in [-0.05, 0) is 18.8 Å². The molecule has 1 N–H and O–H groups in total. The van der Waals surface area contributed by atoms with Crippen molar-refractivity contribution in [2.75, 3.05) is 0 Å². The molecule has 0 amide bonds. The monoisotopic (exact) mass is 168 g/mol. The van der Waals surface area contributed by atoms with Crippen molar-refractivity contribution in [1.82, 2.24) is 10.1 Å². The molecule has 0 aromatic carbocycles. The highest BCUT2D eigenvalue weighted by Gasteiger charge is 2.53. The van der Waals surface area contributed by atoms with Crippen molar-refractivity contribution in [2.45, 2.75) is 32.1 Å². The Balaban J connectivity index is 2.36. The van der Waals surface area contributed by atoms with Crippen LogP contribution in [0.1, 0.15) is 32.5 Å². The zero-order chi connectivity index (χ0) is 8.77. The maximum Gasteiger partial charge on any atom is 0.438 e. The number of hydrogen-bond acceptors (Lipinski definition) is 3. The fourth-order valence-electron chi connectivity index (χ4n) is 1.92. The lowest BCUT2D eigenvalue weighted by molar-refractivity contribution is 0.372. The van der Waals surface area contributed by atoms with E-state index < -0.39 is 5.76 Å². The third kappa shape index (κ3) is 0.838. The topological polar surface area (TPSA) is 58.9 Å². The van der Waals surface area contributed by atoms with E-state index in [1.54, 1.807) is 0 Å². The van der Waals surface area contributed by atoms with E-state index in [-0.39, 0.29) is 5.41 Å². The van der Waals surface area contributed by atoms with Gasteiger partial charge in [0.1, 0.15) is 0 Å². The van der Waals surface area contributed by atoms with Crippen molar-refractivity contribution in [1.29, 1.82) is 0 Å². The Kier molecular flexibility index (Phi) is 1.40. The summed E-state index contributed by atoms with van der Waals surface area (Å²) >= 11 is 0. The van der Waals surface area contributed by atoms with Gasteiger partial charge < -0.3 is 0 Å². The van der Waals surface area contributed by atoms with E-state index in [9.17, 15) is 4.79 Å². The average molecular weight is 168 g/mol. The number of rotatable bonds is 2. The van der Waals surface area contributed by atoms with Gasteiger partial charge in [-0.1, -0.05) is 19.0 Å². The predicted molar refractivity (Wildman–Crippen MR) is 42.9 cm³/mol. The third-order valence-corrected chi connectivity index (χ3v) is 3.00. The smallest absolute Gasteiger partial charge is 0.296 e. The molecule has 4 heteroatoms. The standard InChI is InChI=1S/C8H12N2O2/c1-3-8(4-5(8)2)6-9-7(11)12-10-6/h5H,3-4H2,1-2H3,(H,9,10,11). The lowest BCUT2D eigenvalue weighted by Gasteiger charge is -2.06.